The third-order valence-electron chi connectivity index (χ3n) is 14.7. The molecule has 2 aliphatic carbocycles. The molecule has 0 radical (unpaired) electrons. The molecule has 14 aromatic rings. The third kappa shape index (κ3) is 4.28. The molecule has 0 unspecified atom stereocenters. The van der Waals surface area contributed by atoms with Crippen LogP contribution in [0.5, 0.6) is 0 Å². The fourth-order valence-electron chi connectivity index (χ4n) is 12.1. The molecule has 2 aromatic heterocycles. The normalized spacial score (nSPS) is 12.7. The van der Waals surface area contributed by atoms with Crippen LogP contribution < -0.4 is 0 Å². The van der Waals surface area contributed by atoms with E-state index in [9.17, 15) is 0 Å². The van der Waals surface area contributed by atoms with Crippen molar-refractivity contribution in [2.75, 3.05) is 0 Å². The zero-order valence-electron chi connectivity index (χ0n) is 34.3. The van der Waals surface area contributed by atoms with Gasteiger partial charge in [0.05, 0.1) is 0 Å². The van der Waals surface area contributed by atoms with Gasteiger partial charge in [0.25, 0.3) is 0 Å². The standard InChI is InChI=1S/C62H32S2/c1-3-23-55-41(15-1)61-39(21-9-25-57(61)63-55)47-31-53-52-30-46-38-20-8-14-34-12-6-18-36(60(34)38)44(46)28-50(52)48(40-22-10-26-58-62(40)42-16-2-4-24-56(42)64-58)32-54(53)51-29-45-37-19-7-13-33-11-5-17-35(59(33)37)43(45)27-49(47)51/h1-32H. The van der Waals surface area contributed by atoms with Gasteiger partial charge in [-0.15, -0.1) is 22.7 Å². The highest BCUT2D eigenvalue weighted by molar-refractivity contribution is 7.26. The number of benzene rings is 12. The van der Waals surface area contributed by atoms with Crippen molar-refractivity contribution < 1.29 is 0 Å². The summed E-state index contributed by atoms with van der Waals surface area (Å²) in [6.07, 6.45) is 0. The molecule has 2 aliphatic rings. The molecule has 292 valence electrons. The van der Waals surface area contributed by atoms with Crippen LogP contribution in [0.15, 0.2) is 194 Å². The van der Waals surface area contributed by atoms with Gasteiger partial charge in [0.1, 0.15) is 0 Å². The Morgan fingerprint density at radius 3 is 0.891 bits per heavy atom. The van der Waals surface area contributed by atoms with Gasteiger partial charge in [-0.3, -0.25) is 0 Å². The van der Waals surface area contributed by atoms with Crippen molar-refractivity contribution in [3.05, 3.63) is 194 Å². The minimum absolute atomic E-state index is 1.29. The second-order valence-corrected chi connectivity index (χ2v) is 20.0. The minimum Gasteiger partial charge on any atom is -0.135 e. The first-order chi connectivity index (χ1) is 31.7. The largest absolute Gasteiger partial charge is 0.135 e. The summed E-state index contributed by atoms with van der Waals surface area (Å²) in [4.78, 5) is 0. The van der Waals surface area contributed by atoms with Crippen LogP contribution >= 0.6 is 22.7 Å². The van der Waals surface area contributed by atoms with Gasteiger partial charge < -0.3 is 0 Å². The molecular weight excluding hydrogens is 809 g/mol. The Kier molecular flexibility index (Phi) is 6.41. The van der Waals surface area contributed by atoms with Crippen molar-refractivity contribution in [2.24, 2.45) is 0 Å². The van der Waals surface area contributed by atoms with Gasteiger partial charge in [-0.25, -0.2) is 0 Å². The second kappa shape index (κ2) is 12.1. The molecule has 0 nitrogen and oxygen atoms in total. The predicted molar refractivity (Wildman–Crippen MR) is 279 cm³/mol. The van der Waals surface area contributed by atoms with E-state index in [-0.39, 0.29) is 0 Å². The highest BCUT2D eigenvalue weighted by Crippen LogP contribution is 2.55. The third-order valence-corrected chi connectivity index (χ3v) is 17.0. The fraction of sp³-hybridized carbons (Fsp3) is 0. The van der Waals surface area contributed by atoms with Crippen LogP contribution in [0, 0.1) is 0 Å². The van der Waals surface area contributed by atoms with Crippen LogP contribution in [0.4, 0.5) is 0 Å². The molecule has 2 heteroatoms. The smallest absolute Gasteiger partial charge is 0.0361 e. The molecule has 64 heavy (non-hydrogen) atoms. The van der Waals surface area contributed by atoms with Crippen LogP contribution in [0.2, 0.25) is 0 Å². The van der Waals surface area contributed by atoms with E-state index in [1.165, 1.54) is 161 Å². The van der Waals surface area contributed by atoms with Crippen molar-refractivity contribution in [1.82, 2.24) is 0 Å². The maximum absolute atomic E-state index is 2.57. The molecule has 0 spiro atoms. The van der Waals surface area contributed by atoms with Crippen molar-refractivity contribution >= 4 is 117 Å². The van der Waals surface area contributed by atoms with E-state index in [1.54, 1.807) is 0 Å². The van der Waals surface area contributed by atoms with Gasteiger partial charge in [-0.1, -0.05) is 133 Å². The summed E-state index contributed by atoms with van der Waals surface area (Å²) in [5.41, 5.74) is 15.7. The Balaban J connectivity index is 1.12. The highest BCUT2D eigenvalue weighted by Gasteiger charge is 2.28. The number of fused-ring (bicyclic) bond motifs is 17. The Labute approximate surface area is 375 Å². The zero-order chi connectivity index (χ0) is 41.4. The Morgan fingerprint density at radius 1 is 0.188 bits per heavy atom. The molecule has 12 aromatic carbocycles. The van der Waals surface area contributed by atoms with Gasteiger partial charge >= 0.3 is 0 Å². The Morgan fingerprint density at radius 2 is 0.484 bits per heavy atom. The van der Waals surface area contributed by atoms with E-state index < -0.39 is 0 Å². The zero-order valence-corrected chi connectivity index (χ0v) is 35.9. The number of rotatable bonds is 2. The van der Waals surface area contributed by atoms with Crippen LogP contribution in [0.3, 0.4) is 0 Å². The highest BCUT2D eigenvalue weighted by atomic mass is 32.1. The topological polar surface area (TPSA) is 0 Å². The van der Waals surface area contributed by atoms with Gasteiger partial charge in [-0.05, 0) is 181 Å². The van der Waals surface area contributed by atoms with Gasteiger partial charge in [0.15, 0.2) is 0 Å². The molecule has 16 rings (SSSR count). The Bertz CT molecular complexity index is 4180. The molecule has 0 bridgehead atoms. The monoisotopic (exact) mass is 840 g/mol. The van der Waals surface area contributed by atoms with E-state index >= 15 is 0 Å². The number of hydrogen-bond acceptors (Lipinski definition) is 2. The molecule has 0 atom stereocenters. The number of thiophene rings is 2. The maximum Gasteiger partial charge on any atom is 0.0361 e. The summed E-state index contributed by atoms with van der Waals surface area (Å²) in [6.45, 7) is 0. The molecule has 0 fully saturated rings. The van der Waals surface area contributed by atoms with Gasteiger partial charge in [0.2, 0.25) is 0 Å². The predicted octanol–water partition coefficient (Wildman–Crippen LogP) is 18.8. The lowest BCUT2D eigenvalue weighted by Gasteiger charge is -2.19. The summed E-state index contributed by atoms with van der Waals surface area (Å²) >= 11 is 3.80. The average molecular weight is 841 g/mol. The van der Waals surface area contributed by atoms with E-state index in [4.69, 9.17) is 0 Å². The number of hydrogen-bond donors (Lipinski definition) is 0. The van der Waals surface area contributed by atoms with E-state index in [1.807, 2.05) is 22.7 Å². The summed E-state index contributed by atoms with van der Waals surface area (Å²) in [5.74, 6) is 0. The van der Waals surface area contributed by atoms with Gasteiger partial charge in [0, 0.05) is 40.3 Å². The van der Waals surface area contributed by atoms with Crippen molar-refractivity contribution in [2.45, 2.75) is 0 Å². The van der Waals surface area contributed by atoms with Crippen molar-refractivity contribution in [1.29, 1.82) is 0 Å². The van der Waals surface area contributed by atoms with Crippen molar-refractivity contribution in [3.63, 3.8) is 0 Å². The quantitative estimate of drug-likeness (QED) is 0.152. The summed E-state index contributed by atoms with van der Waals surface area (Å²) in [6, 6.07) is 74.4. The van der Waals surface area contributed by atoms with Crippen LogP contribution in [0.25, 0.3) is 161 Å². The van der Waals surface area contributed by atoms with E-state index in [0.29, 0.717) is 0 Å². The van der Waals surface area contributed by atoms with E-state index in [2.05, 4.69) is 194 Å². The lowest BCUT2D eigenvalue weighted by atomic mass is 9.83. The first-order valence-electron chi connectivity index (χ1n) is 22.1. The fourth-order valence-corrected chi connectivity index (χ4v) is 14.3. The first kappa shape index (κ1) is 33.9. The van der Waals surface area contributed by atoms with E-state index in [0.717, 1.165) is 0 Å². The van der Waals surface area contributed by atoms with Crippen LogP contribution in [0.1, 0.15) is 0 Å². The molecule has 2 heterocycles. The summed E-state index contributed by atoms with van der Waals surface area (Å²) in [7, 11) is 0. The molecule has 0 saturated heterocycles. The minimum atomic E-state index is 1.29. The Hall–Kier alpha value is -7.62. The van der Waals surface area contributed by atoms with Crippen molar-refractivity contribution in [3.8, 4) is 66.8 Å². The van der Waals surface area contributed by atoms with Crippen LogP contribution in [-0.4, -0.2) is 0 Å². The molecule has 0 aliphatic heterocycles. The lowest BCUT2D eigenvalue weighted by molar-refractivity contribution is 1.71. The molecular formula is C62H32S2. The summed E-state index contributed by atoms with van der Waals surface area (Å²) < 4.78 is 5.30. The molecule has 0 amide bonds. The average Bonchev–Trinajstić information content (AvgIpc) is 4.10. The first-order valence-corrected chi connectivity index (χ1v) is 23.8. The van der Waals surface area contributed by atoms with Gasteiger partial charge in [-0.2, -0.15) is 0 Å². The SMILES string of the molecule is c1cc2c3c(cccc3c1)-c1cc3c(cc1-2)c(-c1cccc2sc4ccccc4c12)cc1c2cc4c(cc2c(-c2cccc5sc6ccccc6c25)cc31)-c1cccc2cccc-4c12. The second-order valence-electron chi connectivity index (χ2n) is 17.8. The molecule has 0 saturated carbocycles. The summed E-state index contributed by atoms with van der Waals surface area (Å²) in [5, 5.41) is 18.4. The van der Waals surface area contributed by atoms with Crippen LogP contribution in [-0.2, 0) is 0 Å². The molecule has 0 N–H and O–H groups in total. The maximum atomic E-state index is 2.57. The lowest BCUT2D eigenvalue weighted by Crippen LogP contribution is -1.92.